The van der Waals surface area contributed by atoms with Gasteiger partial charge in [0.1, 0.15) is 0 Å². The number of rotatable bonds is 6. The fourth-order valence-corrected chi connectivity index (χ4v) is 4.89. The number of halogens is 3. The van der Waals surface area contributed by atoms with Crippen molar-refractivity contribution in [3.05, 3.63) is 51.0 Å². The quantitative estimate of drug-likeness (QED) is 0.608. The number of nitrogens with zero attached hydrogens (tertiary/aromatic N) is 1. The Hall–Kier alpha value is -1.84. The van der Waals surface area contributed by atoms with Crippen LogP contribution in [0.4, 0.5) is 11.4 Å². The van der Waals surface area contributed by atoms with Gasteiger partial charge in [-0.15, -0.1) is 0 Å². The van der Waals surface area contributed by atoms with Crippen LogP contribution in [0.5, 0.6) is 0 Å². The molecular formula is C20H20Cl3N3O4S. The van der Waals surface area contributed by atoms with Crippen LogP contribution in [0.1, 0.15) is 31.2 Å². The molecule has 0 saturated heterocycles. The Morgan fingerprint density at radius 3 is 2.48 bits per heavy atom. The molecule has 3 rings (SSSR count). The molecule has 0 fully saturated rings. The average molecular weight is 505 g/mol. The van der Waals surface area contributed by atoms with Crippen molar-refractivity contribution in [1.82, 2.24) is 0 Å². The Labute approximate surface area is 195 Å². The third-order valence-electron chi connectivity index (χ3n) is 4.84. The topological polar surface area (TPSA) is 110 Å². The smallest absolute Gasteiger partial charge is 0.238 e. The van der Waals surface area contributed by atoms with E-state index in [2.05, 4.69) is 5.32 Å². The lowest BCUT2D eigenvalue weighted by molar-refractivity contribution is -0.119. The lowest BCUT2D eigenvalue weighted by atomic mass is 10.0. The number of nitrogens with two attached hydrogens (primary N) is 1. The van der Waals surface area contributed by atoms with E-state index in [4.69, 9.17) is 39.9 Å². The molecule has 2 aromatic carbocycles. The molecule has 0 aromatic heterocycles. The molecule has 0 bridgehead atoms. The fourth-order valence-electron chi connectivity index (χ4n) is 3.42. The second-order valence-electron chi connectivity index (χ2n) is 7.13. The highest BCUT2D eigenvalue weighted by Crippen LogP contribution is 2.37. The van der Waals surface area contributed by atoms with Gasteiger partial charge in [0.2, 0.25) is 21.8 Å². The zero-order chi connectivity index (χ0) is 22.8. The molecule has 0 unspecified atom stereocenters. The van der Waals surface area contributed by atoms with E-state index in [1.54, 1.807) is 11.0 Å². The predicted octanol–water partition coefficient (Wildman–Crippen LogP) is 4.38. The summed E-state index contributed by atoms with van der Waals surface area (Å²) in [5, 5.41) is 8.68. The summed E-state index contributed by atoms with van der Waals surface area (Å²) in [5.41, 5.74) is 1.89. The van der Waals surface area contributed by atoms with E-state index < -0.39 is 10.0 Å². The van der Waals surface area contributed by atoms with Crippen molar-refractivity contribution in [2.45, 2.75) is 37.0 Å². The van der Waals surface area contributed by atoms with Crippen LogP contribution in [0, 0.1) is 0 Å². The van der Waals surface area contributed by atoms with Crippen molar-refractivity contribution >= 4 is 68.0 Å². The molecule has 0 spiro atoms. The predicted molar refractivity (Wildman–Crippen MR) is 122 cm³/mol. The monoisotopic (exact) mass is 503 g/mol. The van der Waals surface area contributed by atoms with Crippen LogP contribution < -0.4 is 15.4 Å². The number of anilines is 2. The van der Waals surface area contributed by atoms with Crippen LogP contribution in [0.3, 0.4) is 0 Å². The summed E-state index contributed by atoms with van der Waals surface area (Å²) < 4.78 is 22.7. The number of fused-ring (bicyclic) bond motifs is 1. The summed E-state index contributed by atoms with van der Waals surface area (Å²) in [5.74, 6) is -0.463. The van der Waals surface area contributed by atoms with Crippen molar-refractivity contribution < 1.29 is 18.0 Å². The lowest BCUT2D eigenvalue weighted by Gasteiger charge is -2.30. The number of primary sulfonamides is 1. The molecule has 3 N–H and O–H groups in total. The highest BCUT2D eigenvalue weighted by molar-refractivity contribution is 7.89. The maximum absolute atomic E-state index is 12.7. The molecule has 1 heterocycles. The summed E-state index contributed by atoms with van der Waals surface area (Å²) in [4.78, 5) is 26.5. The summed E-state index contributed by atoms with van der Waals surface area (Å²) in [6, 6.07) is 7.22. The van der Waals surface area contributed by atoms with Gasteiger partial charge in [0, 0.05) is 24.4 Å². The average Bonchev–Trinajstić information content (AvgIpc) is 2.67. The molecule has 1 aliphatic rings. The summed E-state index contributed by atoms with van der Waals surface area (Å²) in [7, 11) is -3.89. The van der Waals surface area contributed by atoms with Gasteiger partial charge in [-0.1, -0.05) is 34.8 Å². The number of hydrogen-bond donors (Lipinski definition) is 2. The first-order valence-electron chi connectivity index (χ1n) is 9.47. The van der Waals surface area contributed by atoms with Gasteiger partial charge in [-0.05, 0) is 55.2 Å². The highest BCUT2D eigenvalue weighted by Gasteiger charge is 2.25. The van der Waals surface area contributed by atoms with Crippen LogP contribution in [0.25, 0.3) is 0 Å². The molecule has 2 amide bonds. The van der Waals surface area contributed by atoms with E-state index in [1.165, 1.54) is 18.2 Å². The second kappa shape index (κ2) is 9.75. The summed E-state index contributed by atoms with van der Waals surface area (Å²) in [6.07, 6.45) is 2.20. The Morgan fingerprint density at radius 2 is 1.81 bits per heavy atom. The maximum atomic E-state index is 12.7. The first-order chi connectivity index (χ1) is 14.6. The Morgan fingerprint density at radius 1 is 1.06 bits per heavy atom. The van der Waals surface area contributed by atoms with E-state index >= 15 is 0 Å². The zero-order valence-electron chi connectivity index (χ0n) is 16.3. The molecule has 2 aromatic rings. The number of carbonyl (C=O) groups is 2. The van der Waals surface area contributed by atoms with Crippen LogP contribution in [-0.2, 0) is 26.0 Å². The zero-order valence-corrected chi connectivity index (χ0v) is 19.4. The first-order valence-corrected chi connectivity index (χ1v) is 12.1. The van der Waals surface area contributed by atoms with Crippen molar-refractivity contribution in [2.24, 2.45) is 5.14 Å². The van der Waals surface area contributed by atoms with Crippen LogP contribution in [0.2, 0.25) is 15.1 Å². The molecular weight excluding hydrogens is 485 g/mol. The van der Waals surface area contributed by atoms with Gasteiger partial charge in [0.25, 0.3) is 0 Å². The van der Waals surface area contributed by atoms with Gasteiger partial charge in [-0.2, -0.15) is 0 Å². The highest BCUT2D eigenvalue weighted by atomic mass is 35.5. The van der Waals surface area contributed by atoms with E-state index in [0.717, 1.165) is 18.4 Å². The lowest BCUT2D eigenvalue weighted by Crippen LogP contribution is -2.35. The van der Waals surface area contributed by atoms with Crippen molar-refractivity contribution in [3.8, 4) is 0 Å². The standard InChI is InChI=1S/C20H20Cl3N3O4S/c21-13-9-12-3-2-8-26(20(12)16(23)10-13)19(28)5-1-4-18(27)25-17-7-6-14(11-15(17)22)31(24,29)30/h6-7,9-11H,1-5,8H2,(H,25,27)(H2,24,29,30). The molecule has 31 heavy (non-hydrogen) atoms. The number of carbonyl (C=O) groups excluding carboxylic acids is 2. The minimum atomic E-state index is -3.89. The van der Waals surface area contributed by atoms with E-state index in [9.17, 15) is 18.0 Å². The van der Waals surface area contributed by atoms with Crippen molar-refractivity contribution in [3.63, 3.8) is 0 Å². The van der Waals surface area contributed by atoms with Gasteiger partial charge in [0.15, 0.2) is 0 Å². The van der Waals surface area contributed by atoms with Gasteiger partial charge >= 0.3 is 0 Å². The van der Waals surface area contributed by atoms with E-state index in [-0.39, 0.29) is 40.3 Å². The van der Waals surface area contributed by atoms with Gasteiger partial charge < -0.3 is 10.2 Å². The third-order valence-corrected chi connectivity index (χ3v) is 6.57. The number of amides is 2. The number of benzene rings is 2. The van der Waals surface area contributed by atoms with Crippen molar-refractivity contribution in [2.75, 3.05) is 16.8 Å². The second-order valence-corrected chi connectivity index (χ2v) is 9.94. The van der Waals surface area contributed by atoms with E-state index in [0.29, 0.717) is 28.7 Å². The van der Waals surface area contributed by atoms with Crippen LogP contribution in [0.15, 0.2) is 35.2 Å². The van der Waals surface area contributed by atoms with E-state index in [1.807, 2.05) is 6.07 Å². The van der Waals surface area contributed by atoms with Gasteiger partial charge in [-0.25, -0.2) is 13.6 Å². The number of sulfonamides is 1. The minimum Gasteiger partial charge on any atom is -0.325 e. The number of hydrogen-bond acceptors (Lipinski definition) is 4. The molecule has 0 radical (unpaired) electrons. The molecule has 0 atom stereocenters. The molecule has 1 aliphatic heterocycles. The molecule has 0 aliphatic carbocycles. The number of aryl methyl sites for hydroxylation is 1. The summed E-state index contributed by atoms with van der Waals surface area (Å²) in [6.45, 7) is 0.561. The largest absolute Gasteiger partial charge is 0.325 e. The maximum Gasteiger partial charge on any atom is 0.238 e. The van der Waals surface area contributed by atoms with Crippen LogP contribution in [-0.4, -0.2) is 26.8 Å². The Kier molecular flexibility index (Phi) is 7.49. The number of nitrogens with one attached hydrogen (secondary N) is 1. The Bertz CT molecular complexity index is 1140. The third kappa shape index (κ3) is 5.90. The first kappa shape index (κ1) is 23.8. The Balaban J connectivity index is 1.57. The van der Waals surface area contributed by atoms with Crippen molar-refractivity contribution in [1.29, 1.82) is 0 Å². The molecule has 166 valence electrons. The van der Waals surface area contributed by atoms with Gasteiger partial charge in [0.05, 0.1) is 26.3 Å². The normalized spacial score (nSPS) is 13.6. The molecule has 7 nitrogen and oxygen atoms in total. The SMILES string of the molecule is NS(=O)(=O)c1ccc(NC(=O)CCCC(=O)N2CCCc3cc(Cl)cc(Cl)c32)c(Cl)c1. The molecule has 11 heteroatoms. The fraction of sp³-hybridized carbons (Fsp3) is 0.300. The minimum absolute atomic E-state index is 0.0502. The summed E-state index contributed by atoms with van der Waals surface area (Å²) >= 11 is 18.4. The van der Waals surface area contributed by atoms with Gasteiger partial charge in [-0.3, -0.25) is 9.59 Å². The van der Waals surface area contributed by atoms with Crippen LogP contribution >= 0.6 is 34.8 Å². The molecule has 0 saturated carbocycles.